The minimum atomic E-state index is -1.02. The summed E-state index contributed by atoms with van der Waals surface area (Å²) in [5.41, 5.74) is 1.31. The molecule has 1 unspecified atom stereocenters. The van der Waals surface area contributed by atoms with Crippen molar-refractivity contribution in [3.8, 4) is 0 Å². The van der Waals surface area contributed by atoms with Crippen molar-refractivity contribution in [3.05, 3.63) is 16.3 Å². The molecule has 12 nitrogen and oxygen atoms in total. The molecule has 1 aliphatic heterocycles. The van der Waals surface area contributed by atoms with Crippen LogP contribution in [0.4, 0.5) is 11.4 Å². The van der Waals surface area contributed by atoms with Gasteiger partial charge in [0.25, 0.3) is 11.8 Å². The Labute approximate surface area is 260 Å². The highest BCUT2D eigenvalue weighted by Gasteiger charge is 2.37. The summed E-state index contributed by atoms with van der Waals surface area (Å²) >= 11 is 6.04. The van der Waals surface area contributed by atoms with Gasteiger partial charge in [0.2, 0.25) is 0 Å². The fourth-order valence-electron chi connectivity index (χ4n) is 3.46. The summed E-state index contributed by atoms with van der Waals surface area (Å²) in [7, 11) is 0. The first-order chi connectivity index (χ1) is 17.6. The third-order valence-electron chi connectivity index (χ3n) is 5.07. The normalized spacial score (nSPS) is 16.0. The number of hydrogen-bond donors (Lipinski definition) is 2. The molecule has 1 fully saturated rings. The van der Waals surface area contributed by atoms with Gasteiger partial charge >= 0.3 is 17.9 Å². The zero-order chi connectivity index (χ0) is 28.8. The molecule has 1 heterocycles. The Kier molecular flexibility index (Phi) is 12.4. The number of esters is 2. The summed E-state index contributed by atoms with van der Waals surface area (Å²) < 4.78 is 23.0. The van der Waals surface area contributed by atoms with Crippen molar-refractivity contribution >= 4 is 109 Å². The number of benzene rings is 1. The van der Waals surface area contributed by atoms with Gasteiger partial charge in [0, 0.05) is 27.4 Å². The van der Waals surface area contributed by atoms with Crippen molar-refractivity contribution in [2.45, 2.75) is 52.4 Å². The standard InChI is InChI=1S/C23H27I3N2O10/c1-11(29)35-9-15(31)27-21-18(24)14(5-6-17(33)34)19(25)22(20(21)26)28(16(32)10-36-12(2)30)7-13-8-37-23(3,4)38-13/h13H,5-10H2,1-4H3,(H,27,31)(H,33,34). The van der Waals surface area contributed by atoms with Gasteiger partial charge in [-0.2, -0.15) is 0 Å². The highest BCUT2D eigenvalue weighted by molar-refractivity contribution is 14.1. The van der Waals surface area contributed by atoms with Crippen LogP contribution in [0.1, 0.15) is 39.7 Å². The average molecular weight is 872 g/mol. The minimum absolute atomic E-state index is 0.0370. The lowest BCUT2D eigenvalue weighted by Crippen LogP contribution is -2.42. The Morgan fingerprint density at radius 3 is 2.16 bits per heavy atom. The van der Waals surface area contributed by atoms with Gasteiger partial charge in [-0.3, -0.25) is 24.0 Å². The first kappa shape index (κ1) is 32.9. The topological polar surface area (TPSA) is 158 Å². The molecule has 0 aliphatic carbocycles. The number of ether oxygens (including phenoxy) is 4. The number of amides is 2. The van der Waals surface area contributed by atoms with Gasteiger partial charge < -0.3 is 34.3 Å². The van der Waals surface area contributed by atoms with E-state index in [1.807, 2.05) is 67.8 Å². The molecule has 2 N–H and O–H groups in total. The van der Waals surface area contributed by atoms with Crippen LogP contribution in [-0.4, -0.2) is 73.1 Å². The second kappa shape index (κ2) is 14.4. The van der Waals surface area contributed by atoms with E-state index in [0.29, 0.717) is 27.6 Å². The number of rotatable bonds is 11. The second-order valence-corrected chi connectivity index (χ2v) is 11.8. The van der Waals surface area contributed by atoms with E-state index in [2.05, 4.69) is 5.32 Å². The third kappa shape index (κ3) is 9.40. The Balaban J connectivity index is 2.63. The van der Waals surface area contributed by atoms with E-state index in [-0.39, 0.29) is 26.0 Å². The summed E-state index contributed by atoms with van der Waals surface area (Å²) in [6.45, 7) is 5.04. The molecular formula is C23H27I3N2O10. The lowest BCUT2D eigenvalue weighted by molar-refractivity contribution is -0.146. The number of aliphatic carboxylic acids is 1. The summed E-state index contributed by atoms with van der Waals surface area (Å²) in [5.74, 6) is -4.29. The minimum Gasteiger partial charge on any atom is -0.481 e. The van der Waals surface area contributed by atoms with Crippen LogP contribution in [-0.2, 0) is 49.3 Å². The Bertz CT molecular complexity index is 1130. The van der Waals surface area contributed by atoms with E-state index >= 15 is 0 Å². The fraction of sp³-hybridized carbons (Fsp3) is 0.522. The first-order valence-electron chi connectivity index (χ1n) is 11.2. The maximum atomic E-state index is 13.4. The van der Waals surface area contributed by atoms with Crippen LogP contribution in [0.3, 0.4) is 0 Å². The average Bonchev–Trinajstić information content (AvgIpc) is 3.16. The molecule has 1 saturated heterocycles. The van der Waals surface area contributed by atoms with E-state index in [4.69, 9.17) is 18.9 Å². The van der Waals surface area contributed by atoms with Crippen molar-refractivity contribution in [2.75, 3.05) is 36.6 Å². The lowest BCUT2D eigenvalue weighted by atomic mass is 10.1. The Morgan fingerprint density at radius 1 is 1.03 bits per heavy atom. The number of carbonyl (C=O) groups is 5. The van der Waals surface area contributed by atoms with E-state index in [0.717, 1.165) is 0 Å². The van der Waals surface area contributed by atoms with Gasteiger partial charge in [0.05, 0.1) is 28.1 Å². The van der Waals surface area contributed by atoms with E-state index in [1.54, 1.807) is 13.8 Å². The van der Waals surface area contributed by atoms with Crippen molar-refractivity contribution in [1.82, 2.24) is 0 Å². The van der Waals surface area contributed by atoms with Crippen LogP contribution >= 0.6 is 67.8 Å². The smallest absolute Gasteiger partial charge is 0.303 e. The molecule has 1 aromatic carbocycles. The van der Waals surface area contributed by atoms with Gasteiger partial charge in [-0.15, -0.1) is 0 Å². The summed E-state index contributed by atoms with van der Waals surface area (Å²) in [6, 6.07) is 0. The lowest BCUT2D eigenvalue weighted by Gasteiger charge is -2.30. The zero-order valence-corrected chi connectivity index (χ0v) is 27.5. The quantitative estimate of drug-likeness (QED) is 0.250. The second-order valence-electron chi connectivity index (χ2n) is 8.60. The molecule has 1 aliphatic rings. The molecule has 0 aromatic heterocycles. The van der Waals surface area contributed by atoms with Crippen LogP contribution in [0, 0.1) is 10.7 Å². The van der Waals surface area contributed by atoms with E-state index in [1.165, 1.54) is 18.7 Å². The predicted molar refractivity (Wildman–Crippen MR) is 160 cm³/mol. The monoisotopic (exact) mass is 872 g/mol. The molecule has 0 spiro atoms. The molecule has 0 bridgehead atoms. The molecule has 15 heteroatoms. The Hall–Kier alpha value is -1.32. The number of nitrogens with one attached hydrogen (secondary N) is 1. The van der Waals surface area contributed by atoms with Crippen LogP contribution in [0.15, 0.2) is 0 Å². The third-order valence-corrected chi connectivity index (χ3v) is 8.47. The number of hydrogen-bond acceptors (Lipinski definition) is 9. The molecule has 1 atom stereocenters. The predicted octanol–water partition coefficient (Wildman–Crippen LogP) is 3.07. The molecule has 38 heavy (non-hydrogen) atoms. The molecule has 0 saturated carbocycles. The van der Waals surface area contributed by atoms with Crippen molar-refractivity contribution in [2.24, 2.45) is 0 Å². The maximum Gasteiger partial charge on any atom is 0.303 e. The summed E-state index contributed by atoms with van der Waals surface area (Å²) in [6.07, 6.45) is -0.589. The maximum absolute atomic E-state index is 13.4. The van der Waals surface area contributed by atoms with Crippen molar-refractivity contribution < 1.29 is 48.0 Å². The van der Waals surface area contributed by atoms with Crippen LogP contribution in [0.25, 0.3) is 0 Å². The largest absolute Gasteiger partial charge is 0.481 e. The molecular weight excluding hydrogens is 845 g/mol. The number of anilines is 2. The van der Waals surface area contributed by atoms with Crippen LogP contribution < -0.4 is 10.2 Å². The summed E-state index contributed by atoms with van der Waals surface area (Å²) in [5, 5.41) is 12.0. The van der Waals surface area contributed by atoms with Crippen molar-refractivity contribution in [3.63, 3.8) is 0 Å². The molecule has 2 amide bonds. The number of halogens is 3. The molecule has 0 radical (unpaired) electrons. The molecule has 1 aromatic rings. The van der Waals surface area contributed by atoms with E-state index in [9.17, 15) is 29.1 Å². The summed E-state index contributed by atoms with van der Waals surface area (Å²) in [4.78, 5) is 61.3. The highest BCUT2D eigenvalue weighted by atomic mass is 127. The van der Waals surface area contributed by atoms with Gasteiger partial charge in [0.15, 0.2) is 19.0 Å². The van der Waals surface area contributed by atoms with Gasteiger partial charge in [-0.05, 0) is 93.6 Å². The Morgan fingerprint density at radius 2 is 1.63 bits per heavy atom. The van der Waals surface area contributed by atoms with Crippen LogP contribution in [0.2, 0.25) is 0 Å². The van der Waals surface area contributed by atoms with Gasteiger partial charge in [-0.1, -0.05) is 0 Å². The van der Waals surface area contributed by atoms with Crippen molar-refractivity contribution in [1.29, 1.82) is 0 Å². The van der Waals surface area contributed by atoms with Gasteiger partial charge in [-0.25, -0.2) is 0 Å². The van der Waals surface area contributed by atoms with E-state index < -0.39 is 54.8 Å². The number of carboxylic acids is 1. The zero-order valence-electron chi connectivity index (χ0n) is 21.0. The highest BCUT2D eigenvalue weighted by Crippen LogP contribution is 2.42. The fourth-order valence-corrected chi connectivity index (χ4v) is 8.02. The SMILES string of the molecule is CC(=O)OCC(=O)Nc1c(I)c(CCC(=O)O)c(I)c(N(CC2COC(C)(C)O2)C(=O)COC(C)=O)c1I. The number of nitrogens with zero attached hydrogens (tertiary/aromatic N) is 1. The molecule has 2 rings (SSSR count). The van der Waals surface area contributed by atoms with Crippen LogP contribution in [0.5, 0.6) is 0 Å². The number of carboxylic acid groups (broad SMARTS) is 1. The molecule has 210 valence electrons. The number of carbonyl (C=O) groups excluding carboxylic acids is 4. The van der Waals surface area contributed by atoms with Gasteiger partial charge in [0.1, 0.15) is 6.10 Å². The first-order valence-corrected chi connectivity index (χ1v) is 14.5.